The Bertz CT molecular complexity index is 4670. The second-order valence-electron chi connectivity index (χ2n) is 24.7. The van der Waals surface area contributed by atoms with Crippen molar-refractivity contribution in [2.45, 2.75) is 165 Å². The molecule has 12 fully saturated rings. The van der Waals surface area contributed by atoms with E-state index >= 15 is 0 Å². The van der Waals surface area contributed by atoms with E-state index in [9.17, 15) is 88.6 Å². The van der Waals surface area contributed by atoms with Gasteiger partial charge in [-0.2, -0.15) is 75.8 Å². The van der Waals surface area contributed by atoms with Crippen molar-refractivity contribution < 1.29 is 196 Å². The first kappa shape index (κ1) is 97.1. The second kappa shape index (κ2) is 39.4. The number of para-hydroxylation sites is 2. The van der Waals surface area contributed by atoms with Crippen molar-refractivity contribution in [1.29, 1.82) is 0 Å². The highest BCUT2D eigenvalue weighted by Gasteiger charge is 2.55. The molecule has 16 unspecified atom stereocenters. The van der Waals surface area contributed by atoms with Crippen LogP contribution >= 0.6 is 0 Å². The highest BCUT2D eigenvalue weighted by atomic mass is 32.3. The van der Waals surface area contributed by atoms with Gasteiger partial charge in [0, 0.05) is 12.1 Å². The zero-order valence-electron chi connectivity index (χ0n) is 59.0. The van der Waals surface area contributed by atoms with Crippen molar-refractivity contribution in [3.63, 3.8) is 0 Å². The molecule has 46 nitrogen and oxygen atoms in total. The van der Waals surface area contributed by atoms with Crippen molar-refractivity contribution in [3.05, 3.63) is 71.6 Å². The van der Waals surface area contributed by atoms with Crippen LogP contribution in [0.1, 0.15) is 79.4 Å². The standard InChI is InChI=1S/C12H20O8S.C10H9NO5S.C8H8O4S.C7H14O9S3.C6H10O4S.C5H8O7S2.C3H6O4S.C2H3FO4S.CH4/c1-11(2)15-5-7(17-11)9-10(20-21(13,14)19-9)8-6-16-12(3,4)18-8;1-11-9-4-2-3-5-10(9)14-6-8-7-15-17(12,13)16-8;9-13(10)11-6-8(12-13)7-4-2-1-3-5-7;1-17(2,8)13-4-6-7(5-14-18(3,9)10)16-19(11,12)15-6;7-11(8)9-5-3-1-2-4-6(5)10-11;1-13(6)9-2-4(11-13)5-3-10-14(7,8)12-5;1-3-2-6-8(4,5)7-3;3-2-1-6-8(4,5)7-2;/h7-10H,5-6H2,1-4H3;2-5,8H,6-7H2;1-5,8H,6H2;6-7H,1,4-5H2,2-3H3;5-6H,1-4H2;4-5H,1-3H2;3H,2H2,1H3;2H,1H2;1H4. The van der Waals surface area contributed by atoms with Gasteiger partial charge < -0.3 is 23.7 Å². The van der Waals surface area contributed by atoms with E-state index in [0.717, 1.165) is 37.5 Å². The fraction of sp³-hybridized carbons (Fsp3) is 0.722. The minimum absolute atomic E-state index is 0. The summed E-state index contributed by atoms with van der Waals surface area (Å²) in [6, 6.07) is 15.8. The van der Waals surface area contributed by atoms with E-state index in [1.54, 1.807) is 71.0 Å². The van der Waals surface area contributed by atoms with Gasteiger partial charge in [-0.1, -0.05) is 68.8 Å². The molecule has 646 valence electrons. The molecular weight excluding hydrogens is 1750 g/mol. The van der Waals surface area contributed by atoms with Crippen LogP contribution in [0.25, 0.3) is 4.85 Å². The van der Waals surface area contributed by atoms with Gasteiger partial charge in [-0.05, 0) is 65.0 Å². The molecule has 0 bridgehead atoms. The van der Waals surface area contributed by atoms with E-state index in [-0.39, 0.29) is 78.6 Å². The van der Waals surface area contributed by atoms with Gasteiger partial charge in [0.1, 0.15) is 105 Å². The third-order valence-corrected chi connectivity index (χ3v) is 24.0. The predicted molar refractivity (Wildman–Crippen MR) is 374 cm³/mol. The van der Waals surface area contributed by atoms with Gasteiger partial charge in [0.25, 0.3) is 10.1 Å². The maximum atomic E-state index is 11.7. The lowest BCUT2D eigenvalue weighted by Gasteiger charge is -2.25. The molecule has 58 heteroatoms. The van der Waals surface area contributed by atoms with Gasteiger partial charge >= 0.3 is 83.2 Å². The number of nitrogens with zero attached hydrogens (tertiary/aromatic N) is 1. The lowest BCUT2D eigenvalue weighted by molar-refractivity contribution is -0.165. The van der Waals surface area contributed by atoms with Gasteiger partial charge in [-0.25, -0.2) is 84.6 Å². The molecule has 0 amide bonds. The predicted octanol–water partition coefficient (Wildman–Crippen LogP) is -0.0431. The molecule has 11 heterocycles. The fourth-order valence-electron chi connectivity index (χ4n) is 9.78. The molecular formula is C54H82FNO45S11. The minimum atomic E-state index is -4.25. The average Bonchev–Trinajstić information content (AvgIpc) is 1.61. The lowest BCUT2D eigenvalue weighted by Crippen LogP contribution is -2.45. The van der Waals surface area contributed by atoms with Crippen LogP contribution in [0.5, 0.6) is 5.75 Å². The van der Waals surface area contributed by atoms with Crippen LogP contribution in [-0.2, 0) is 216 Å². The van der Waals surface area contributed by atoms with Crippen LogP contribution in [0.4, 0.5) is 10.1 Å². The summed E-state index contributed by atoms with van der Waals surface area (Å²) in [5.41, 5.74) is 1.18. The number of fused-ring (bicyclic) bond motifs is 1. The third-order valence-electron chi connectivity index (χ3n) is 14.4. The van der Waals surface area contributed by atoms with Gasteiger partial charge in [-0.15, -0.1) is 0 Å². The molecule has 1 aliphatic carbocycles. The first-order valence-electron chi connectivity index (χ1n) is 31.6. The van der Waals surface area contributed by atoms with E-state index in [2.05, 4.69) is 71.0 Å². The van der Waals surface area contributed by atoms with Crippen LogP contribution in [-0.4, -0.2) is 272 Å². The number of benzene rings is 2. The van der Waals surface area contributed by atoms with Gasteiger partial charge in [0.05, 0.1) is 75.5 Å². The van der Waals surface area contributed by atoms with Crippen molar-refractivity contribution in [2.75, 3.05) is 85.2 Å². The summed E-state index contributed by atoms with van der Waals surface area (Å²) >= 11 is 0. The topological polar surface area (TPSA) is 577 Å². The summed E-state index contributed by atoms with van der Waals surface area (Å²) in [6.45, 7) is 14.5. The van der Waals surface area contributed by atoms with Crippen LogP contribution in [0, 0.1) is 6.57 Å². The number of halogens is 1. The van der Waals surface area contributed by atoms with Crippen molar-refractivity contribution in [3.8, 4) is 5.75 Å². The molecule has 2 aromatic carbocycles. The molecule has 1 saturated carbocycles. The number of rotatable bonds is 13. The molecule has 0 aromatic heterocycles. The summed E-state index contributed by atoms with van der Waals surface area (Å²) in [5.74, 6) is 5.21. The zero-order chi connectivity index (χ0) is 82.7. The van der Waals surface area contributed by atoms with Gasteiger partial charge in [0.15, 0.2) is 21.7 Å². The Labute approximate surface area is 649 Å². The highest BCUT2D eigenvalue weighted by Crippen LogP contribution is 2.38. The minimum Gasteiger partial charge on any atom is -0.502 e. The number of ether oxygens (including phenoxy) is 5. The normalized spacial score (nSPS) is 34.7. The van der Waals surface area contributed by atoms with Crippen molar-refractivity contribution >= 4 is 131 Å². The zero-order valence-corrected chi connectivity index (χ0v) is 68.0. The van der Waals surface area contributed by atoms with E-state index in [4.69, 9.17) is 59.5 Å². The summed E-state index contributed by atoms with van der Waals surface area (Å²) < 4.78 is 345. The number of alkyl halides is 1. The molecule has 2 aromatic rings. The average molecular weight is 1840 g/mol. The van der Waals surface area contributed by atoms with Crippen molar-refractivity contribution in [1.82, 2.24) is 0 Å². The SMILES string of the molecule is C.C=S(C)(=O)OCC1OS(=O)(=O)OC1COS(C)(=O)=O.C=S1(=O)OCC(C2COS(=O)(=O)O2)O1.CC1(C)OCC(C2OS(=O)(=O)OC2C2COC(C)(C)O2)O1.CC1COS(=O)(=O)O1.O=S1(=O)OC2CCCCC2O1.O=S1(=O)OCC(F)O1.O=S1(=O)OCC(c2ccccc2)O1.[C-]#[N+]c1ccccc1OCC1COS(=O)(=O)O1. The number of hydrogen-bond acceptors (Lipinski definition) is 45. The Balaban J connectivity index is 0.000000203. The summed E-state index contributed by atoms with van der Waals surface area (Å²) in [6.07, 6.45) is -4.63. The highest BCUT2D eigenvalue weighted by molar-refractivity contribution is 7.95. The Hall–Kier alpha value is -3.71. The summed E-state index contributed by atoms with van der Waals surface area (Å²) in [7, 11) is -40.6. The monoisotopic (exact) mass is 1840 g/mol. The molecule has 0 N–H and O–H groups in total. The van der Waals surface area contributed by atoms with E-state index in [0.29, 0.717) is 11.4 Å². The van der Waals surface area contributed by atoms with Crippen LogP contribution in [0.15, 0.2) is 54.6 Å². The largest absolute Gasteiger partial charge is 0.502 e. The molecule has 11 saturated heterocycles. The molecule has 112 heavy (non-hydrogen) atoms. The maximum absolute atomic E-state index is 11.7. The van der Waals surface area contributed by atoms with Gasteiger partial charge in [-0.3, -0.25) is 16.7 Å². The Morgan fingerprint density at radius 3 is 1.31 bits per heavy atom. The maximum Gasteiger partial charge on any atom is 0.402 e. The second-order valence-corrected chi connectivity index (χ2v) is 39.8. The van der Waals surface area contributed by atoms with E-state index in [1.807, 2.05) is 18.2 Å². The lowest BCUT2D eigenvalue weighted by atomic mass is 9.95. The van der Waals surface area contributed by atoms with Crippen LogP contribution < -0.4 is 4.74 Å². The first-order chi connectivity index (χ1) is 51.0. The van der Waals surface area contributed by atoms with Crippen molar-refractivity contribution in [2.24, 2.45) is 0 Å². The quantitative estimate of drug-likeness (QED) is 0.144. The van der Waals surface area contributed by atoms with E-state index < -0.39 is 212 Å². The molecule has 14 rings (SSSR count). The summed E-state index contributed by atoms with van der Waals surface area (Å²) in [5, 5.41) is 0. The smallest absolute Gasteiger partial charge is 0.402 e. The third kappa shape index (κ3) is 33.6. The van der Waals surface area contributed by atoms with E-state index in [1.165, 1.54) is 6.26 Å². The molecule has 12 aliphatic rings. The Kier molecular flexibility index (Phi) is 34.2. The van der Waals surface area contributed by atoms with Crippen LogP contribution in [0.2, 0.25) is 0 Å². The fourth-order valence-corrected chi connectivity index (χ4v) is 18.7. The molecule has 0 spiro atoms. The molecule has 0 radical (unpaired) electrons. The van der Waals surface area contributed by atoms with Gasteiger partial charge in [0.2, 0.25) is 12.0 Å². The molecule has 16 atom stereocenters. The number of hydrogen-bond donors (Lipinski definition) is 0. The first-order valence-corrected chi connectivity index (χ1v) is 47.8. The van der Waals surface area contributed by atoms with Crippen LogP contribution in [0.3, 0.4) is 0 Å². The Morgan fingerprint density at radius 1 is 0.482 bits per heavy atom. The summed E-state index contributed by atoms with van der Waals surface area (Å²) in [4.78, 5) is 3.28. The molecule has 11 aliphatic heterocycles. The Morgan fingerprint density at radius 2 is 0.920 bits per heavy atom.